The van der Waals surface area contributed by atoms with E-state index in [0.717, 1.165) is 30.4 Å². The highest BCUT2D eigenvalue weighted by atomic mass is 16.2. The summed E-state index contributed by atoms with van der Waals surface area (Å²) in [5, 5.41) is 0. The third-order valence-electron chi connectivity index (χ3n) is 9.77. The van der Waals surface area contributed by atoms with Crippen molar-refractivity contribution in [3.05, 3.63) is 88.5 Å². The number of ketones is 1. The molecular formula is C36H45NO2. The van der Waals surface area contributed by atoms with E-state index < -0.39 is 5.92 Å². The maximum atomic E-state index is 14.4. The number of rotatable bonds is 8. The molecule has 1 saturated carbocycles. The normalized spacial score (nSPS) is 25.2. The third kappa shape index (κ3) is 5.17. The molecule has 1 amide bonds. The molecule has 3 aliphatic rings. The lowest BCUT2D eigenvalue weighted by atomic mass is 9.59. The van der Waals surface area contributed by atoms with Crippen molar-refractivity contribution in [2.45, 2.75) is 72.1 Å². The molecule has 206 valence electrons. The summed E-state index contributed by atoms with van der Waals surface area (Å²) < 4.78 is 0. The molecule has 0 saturated heterocycles. The van der Waals surface area contributed by atoms with Gasteiger partial charge in [0.1, 0.15) is 5.78 Å². The van der Waals surface area contributed by atoms with Crippen molar-refractivity contribution >= 4 is 17.8 Å². The number of carbonyl (C=O) groups is 2. The molecule has 2 aromatic carbocycles. The van der Waals surface area contributed by atoms with Gasteiger partial charge in [-0.1, -0.05) is 87.5 Å². The van der Waals surface area contributed by atoms with Crippen LogP contribution in [0.25, 0.3) is 6.08 Å². The molecule has 5 rings (SSSR count). The lowest BCUT2D eigenvalue weighted by Gasteiger charge is -2.44. The van der Waals surface area contributed by atoms with Crippen LogP contribution in [0, 0.1) is 29.6 Å². The van der Waals surface area contributed by atoms with E-state index in [1.54, 1.807) is 0 Å². The number of hydrogen-bond acceptors (Lipinski definition) is 2. The average molecular weight is 524 g/mol. The molecule has 0 N–H and O–H groups in total. The summed E-state index contributed by atoms with van der Waals surface area (Å²) in [6.45, 7) is 16.8. The van der Waals surface area contributed by atoms with E-state index in [4.69, 9.17) is 6.58 Å². The van der Waals surface area contributed by atoms with E-state index >= 15 is 0 Å². The Morgan fingerprint density at radius 1 is 1.03 bits per heavy atom. The maximum Gasteiger partial charge on any atom is 0.230 e. The Morgan fingerprint density at radius 3 is 2.31 bits per heavy atom. The minimum Gasteiger partial charge on any atom is -0.343 e. The van der Waals surface area contributed by atoms with Gasteiger partial charge in [0.15, 0.2) is 0 Å². The van der Waals surface area contributed by atoms with Gasteiger partial charge in [-0.25, -0.2) is 0 Å². The second-order valence-corrected chi connectivity index (χ2v) is 12.6. The highest BCUT2D eigenvalue weighted by molar-refractivity contribution is 5.89. The number of hydrogen-bond donors (Lipinski definition) is 0. The van der Waals surface area contributed by atoms with E-state index in [9.17, 15) is 9.59 Å². The summed E-state index contributed by atoms with van der Waals surface area (Å²) in [6, 6.07) is 15.3. The lowest BCUT2D eigenvalue weighted by Crippen LogP contribution is -2.46. The molecule has 2 unspecified atom stereocenters. The second kappa shape index (κ2) is 11.3. The molecule has 5 atom stereocenters. The number of Topliss-reactive ketones (excluding diaryl/α,β-unsaturated/α-hetero) is 1. The third-order valence-corrected chi connectivity index (χ3v) is 9.77. The van der Waals surface area contributed by atoms with Crippen LogP contribution in [0.1, 0.15) is 87.1 Å². The number of likely N-dealkylation sites (N-methyl/N-ethyl adjacent to an activating group) is 1. The molecule has 3 nitrogen and oxygen atoms in total. The molecule has 0 bridgehead atoms. The molecule has 0 radical (unpaired) electrons. The van der Waals surface area contributed by atoms with Crippen molar-refractivity contribution in [1.29, 1.82) is 0 Å². The van der Waals surface area contributed by atoms with Gasteiger partial charge >= 0.3 is 0 Å². The Hall–Kier alpha value is -2.94. The van der Waals surface area contributed by atoms with Crippen LogP contribution in [-0.4, -0.2) is 29.7 Å². The Bertz CT molecular complexity index is 1260. The highest BCUT2D eigenvalue weighted by Gasteiger charge is 2.49. The Labute approximate surface area is 235 Å². The van der Waals surface area contributed by atoms with Crippen LogP contribution >= 0.6 is 0 Å². The molecule has 0 spiro atoms. The molecule has 0 aromatic heterocycles. The number of allylic oxidation sites excluding steroid dienone is 2. The van der Waals surface area contributed by atoms with Crippen molar-refractivity contribution < 1.29 is 9.59 Å². The highest BCUT2D eigenvalue weighted by Crippen LogP contribution is 2.51. The van der Waals surface area contributed by atoms with Crippen LogP contribution in [0.4, 0.5) is 0 Å². The van der Waals surface area contributed by atoms with E-state index in [-0.39, 0.29) is 23.7 Å². The summed E-state index contributed by atoms with van der Waals surface area (Å²) >= 11 is 0. The molecule has 0 heterocycles. The minimum atomic E-state index is -0.394. The Balaban J connectivity index is 1.59. The molecule has 3 aliphatic carbocycles. The first kappa shape index (κ1) is 27.6. The summed E-state index contributed by atoms with van der Waals surface area (Å²) in [5.74, 6) is 0.901. The van der Waals surface area contributed by atoms with Crippen LogP contribution in [0.3, 0.4) is 0 Å². The van der Waals surface area contributed by atoms with Gasteiger partial charge < -0.3 is 4.90 Å². The van der Waals surface area contributed by atoms with Crippen LogP contribution in [0.2, 0.25) is 0 Å². The predicted octanol–water partition coefficient (Wildman–Crippen LogP) is 7.61. The monoisotopic (exact) mass is 523 g/mol. The van der Waals surface area contributed by atoms with Gasteiger partial charge in [0.25, 0.3) is 0 Å². The Kier molecular flexibility index (Phi) is 7.99. The molecule has 1 fully saturated rings. The maximum absolute atomic E-state index is 14.4. The van der Waals surface area contributed by atoms with E-state index in [2.05, 4.69) is 89.2 Å². The van der Waals surface area contributed by atoms with Gasteiger partial charge in [0, 0.05) is 31.3 Å². The summed E-state index contributed by atoms with van der Waals surface area (Å²) in [6.07, 6.45) is 7.75. The lowest BCUT2D eigenvalue weighted by molar-refractivity contribution is -0.136. The van der Waals surface area contributed by atoms with Crippen LogP contribution in [-0.2, 0) is 22.4 Å². The van der Waals surface area contributed by atoms with Gasteiger partial charge in [0.2, 0.25) is 5.91 Å². The van der Waals surface area contributed by atoms with E-state index in [0.29, 0.717) is 43.0 Å². The zero-order chi connectivity index (χ0) is 27.8. The van der Waals surface area contributed by atoms with E-state index in [1.807, 2.05) is 4.90 Å². The number of nitrogens with zero attached hydrogens (tertiary/aromatic N) is 1. The number of amides is 1. The quantitative estimate of drug-likeness (QED) is 0.334. The van der Waals surface area contributed by atoms with Crippen molar-refractivity contribution in [3.63, 3.8) is 0 Å². The molecule has 2 aromatic rings. The summed E-state index contributed by atoms with van der Waals surface area (Å²) in [7, 11) is 0. The zero-order valence-corrected chi connectivity index (χ0v) is 24.5. The van der Waals surface area contributed by atoms with Crippen LogP contribution in [0.5, 0.6) is 0 Å². The van der Waals surface area contributed by atoms with Gasteiger partial charge in [-0.3, -0.25) is 9.59 Å². The number of fused-ring (bicyclic) bond motifs is 2. The topological polar surface area (TPSA) is 37.4 Å². The molecule has 3 heteroatoms. The fraction of sp³-hybridized carbons (Fsp3) is 0.500. The smallest absolute Gasteiger partial charge is 0.230 e. The van der Waals surface area contributed by atoms with Gasteiger partial charge in [-0.15, -0.1) is 0 Å². The first-order chi connectivity index (χ1) is 18.7. The van der Waals surface area contributed by atoms with Crippen molar-refractivity contribution in [1.82, 2.24) is 4.90 Å². The first-order valence-electron chi connectivity index (χ1n) is 15.1. The van der Waals surface area contributed by atoms with Crippen molar-refractivity contribution in [2.24, 2.45) is 29.6 Å². The second-order valence-electron chi connectivity index (χ2n) is 12.6. The average Bonchev–Trinajstić information content (AvgIpc) is 3.51. The molecule has 39 heavy (non-hydrogen) atoms. The number of carbonyl (C=O) groups excluding carboxylic acids is 2. The van der Waals surface area contributed by atoms with E-state index in [1.165, 1.54) is 22.3 Å². The van der Waals surface area contributed by atoms with Gasteiger partial charge in [-0.05, 0) is 84.6 Å². The van der Waals surface area contributed by atoms with Gasteiger partial charge in [-0.2, -0.15) is 0 Å². The summed E-state index contributed by atoms with van der Waals surface area (Å²) in [5.41, 5.74) is 7.50. The van der Waals surface area contributed by atoms with Crippen LogP contribution < -0.4 is 0 Å². The first-order valence-corrected chi connectivity index (χ1v) is 15.1. The van der Waals surface area contributed by atoms with Gasteiger partial charge in [0.05, 0.1) is 5.92 Å². The molecule has 0 aliphatic heterocycles. The minimum absolute atomic E-state index is 0.111. The largest absolute Gasteiger partial charge is 0.343 e. The van der Waals surface area contributed by atoms with Crippen molar-refractivity contribution in [3.8, 4) is 0 Å². The van der Waals surface area contributed by atoms with Crippen molar-refractivity contribution in [2.75, 3.05) is 13.1 Å². The standard InChI is InChI=1S/C36H45NO2/c1-7-37(8-2)36(39)35(28-16-15-25-14-13-23(5)30(25)20-28)34-24(6)31(21-33(38)32(34)17-22(3)4)29-18-26-11-9-10-12-27(26)19-29/h9-16,20,22-23,29,31-32,34-35H,6-8,17-19,21H2,1-5H3/t23?,31-,32+,34?,35-/m0/s1. The SMILES string of the molecule is C=C1C([C@@H](C(=O)N(CC)CC)c2ccc3c(c2)C(C)C=C3)[C@H](CC(C)C)C(=O)C[C@@H]1C1Cc2ccccc2C1. The number of benzene rings is 2. The zero-order valence-electron chi connectivity index (χ0n) is 24.5. The van der Waals surface area contributed by atoms with Crippen LogP contribution in [0.15, 0.2) is 60.7 Å². The molecular weight excluding hydrogens is 478 g/mol. The fourth-order valence-electron chi connectivity index (χ4n) is 7.70. The Morgan fingerprint density at radius 2 is 1.69 bits per heavy atom. The summed E-state index contributed by atoms with van der Waals surface area (Å²) in [4.78, 5) is 30.4. The fourth-order valence-corrected chi connectivity index (χ4v) is 7.70. The predicted molar refractivity (Wildman–Crippen MR) is 161 cm³/mol.